The van der Waals surface area contributed by atoms with Gasteiger partial charge in [-0.3, -0.25) is 4.79 Å². The lowest BCUT2D eigenvalue weighted by atomic mass is 10.2. The summed E-state index contributed by atoms with van der Waals surface area (Å²) < 4.78 is 7.08. The number of rotatable bonds is 6. The lowest BCUT2D eigenvalue weighted by Gasteiger charge is -2.14. The normalized spacial score (nSPS) is 11.7. The highest BCUT2D eigenvalue weighted by Gasteiger charge is 2.25. The Morgan fingerprint density at radius 3 is 2.45 bits per heavy atom. The number of hydrogen-bond donors (Lipinski definition) is 1. The van der Waals surface area contributed by atoms with Gasteiger partial charge in [-0.1, -0.05) is 48.0 Å². The Balaban J connectivity index is 1.67. The maximum atomic E-state index is 12.7. The fourth-order valence-corrected chi connectivity index (χ4v) is 3.20. The number of carbonyl (C=O) groups is 2. The minimum Gasteiger partial charge on any atom is -0.449 e. The van der Waals surface area contributed by atoms with Crippen LogP contribution in [0.15, 0.2) is 54.6 Å². The minimum absolute atomic E-state index is 0.254. The van der Waals surface area contributed by atoms with Crippen LogP contribution in [0.1, 0.15) is 34.2 Å². The van der Waals surface area contributed by atoms with Crippen LogP contribution in [0.3, 0.4) is 0 Å². The first-order valence-corrected chi connectivity index (χ1v) is 9.60. The molecule has 0 aliphatic heterocycles. The van der Waals surface area contributed by atoms with Gasteiger partial charge in [0.05, 0.1) is 17.1 Å². The van der Waals surface area contributed by atoms with Gasteiger partial charge in [0.15, 0.2) is 6.10 Å². The molecule has 0 saturated carbocycles. The Labute approximate surface area is 174 Å². The third-order valence-corrected chi connectivity index (χ3v) is 4.93. The molecule has 0 spiro atoms. The van der Waals surface area contributed by atoms with Gasteiger partial charge < -0.3 is 10.1 Å². The lowest BCUT2D eigenvalue weighted by Crippen LogP contribution is -2.35. The molecule has 7 heteroatoms. The van der Waals surface area contributed by atoms with Gasteiger partial charge in [-0.25, -0.2) is 9.48 Å². The van der Waals surface area contributed by atoms with Crippen LogP contribution in [-0.2, 0) is 16.1 Å². The first kappa shape index (κ1) is 20.6. The average molecular weight is 412 g/mol. The molecule has 0 fully saturated rings. The van der Waals surface area contributed by atoms with E-state index in [-0.39, 0.29) is 6.54 Å². The highest BCUT2D eigenvalue weighted by molar-refractivity contribution is 6.31. The lowest BCUT2D eigenvalue weighted by molar-refractivity contribution is -0.129. The topological polar surface area (TPSA) is 73.2 Å². The second kappa shape index (κ2) is 8.92. The van der Waals surface area contributed by atoms with Gasteiger partial charge in [0, 0.05) is 11.6 Å². The number of halogens is 1. The smallest absolute Gasteiger partial charge is 0.342 e. The molecule has 0 bridgehead atoms. The molecule has 1 heterocycles. The minimum atomic E-state index is -0.955. The molecular weight excluding hydrogens is 390 g/mol. The van der Waals surface area contributed by atoms with Crippen molar-refractivity contribution in [1.29, 1.82) is 0 Å². The SMILES string of the molecule is Cc1nn(-c2ccccc2)c(C)c1C(=O)O[C@H](C)C(=O)NCc1ccccc1Cl. The van der Waals surface area contributed by atoms with Crippen molar-refractivity contribution in [2.24, 2.45) is 0 Å². The number of esters is 1. The van der Waals surface area contributed by atoms with Crippen LogP contribution in [-0.4, -0.2) is 27.8 Å². The number of aryl methyl sites for hydroxylation is 1. The van der Waals surface area contributed by atoms with Crippen LogP contribution in [0, 0.1) is 13.8 Å². The number of hydrogen-bond acceptors (Lipinski definition) is 4. The standard InChI is InChI=1S/C22H22ClN3O3/c1-14-20(15(2)26(25-14)18-10-5-4-6-11-18)22(28)29-16(3)21(27)24-13-17-9-7-8-12-19(17)23/h4-12,16H,13H2,1-3H3,(H,24,27)/t16-/m1/s1. The van der Waals surface area contributed by atoms with Crippen LogP contribution < -0.4 is 5.32 Å². The molecule has 2 aromatic carbocycles. The van der Waals surface area contributed by atoms with E-state index in [9.17, 15) is 9.59 Å². The highest BCUT2D eigenvalue weighted by Crippen LogP contribution is 2.19. The molecular formula is C22H22ClN3O3. The van der Waals surface area contributed by atoms with Gasteiger partial charge in [0.2, 0.25) is 0 Å². The first-order valence-electron chi connectivity index (χ1n) is 9.22. The van der Waals surface area contributed by atoms with Gasteiger partial charge in [-0.2, -0.15) is 5.10 Å². The van der Waals surface area contributed by atoms with Gasteiger partial charge in [0.25, 0.3) is 5.91 Å². The molecule has 3 aromatic rings. The number of amides is 1. The summed E-state index contributed by atoms with van der Waals surface area (Å²) in [5, 5.41) is 7.74. The third-order valence-electron chi connectivity index (χ3n) is 4.56. The Bertz CT molecular complexity index is 1030. The van der Waals surface area contributed by atoms with Crippen LogP contribution in [0.25, 0.3) is 5.69 Å². The summed E-state index contributed by atoms with van der Waals surface area (Å²) in [7, 11) is 0. The van der Waals surface area contributed by atoms with E-state index in [4.69, 9.17) is 16.3 Å². The van der Waals surface area contributed by atoms with E-state index in [2.05, 4.69) is 10.4 Å². The molecule has 1 amide bonds. The number of carbonyl (C=O) groups excluding carboxylic acids is 2. The molecule has 150 valence electrons. The van der Waals surface area contributed by atoms with Crippen LogP contribution in [0.2, 0.25) is 5.02 Å². The Kier molecular flexibility index (Phi) is 6.34. The Morgan fingerprint density at radius 2 is 1.76 bits per heavy atom. The first-order chi connectivity index (χ1) is 13.9. The monoisotopic (exact) mass is 411 g/mol. The molecule has 0 aliphatic carbocycles. The zero-order chi connectivity index (χ0) is 21.0. The Morgan fingerprint density at radius 1 is 1.10 bits per heavy atom. The summed E-state index contributed by atoms with van der Waals surface area (Å²) in [6, 6.07) is 16.7. The molecule has 0 saturated heterocycles. The predicted octanol–water partition coefficient (Wildman–Crippen LogP) is 4.00. The molecule has 29 heavy (non-hydrogen) atoms. The maximum absolute atomic E-state index is 12.7. The zero-order valence-electron chi connectivity index (χ0n) is 16.5. The number of para-hydroxylation sites is 1. The molecule has 6 nitrogen and oxygen atoms in total. The van der Waals surface area contributed by atoms with E-state index >= 15 is 0 Å². The van der Waals surface area contributed by atoms with Crippen molar-refractivity contribution < 1.29 is 14.3 Å². The fourth-order valence-electron chi connectivity index (χ4n) is 3.00. The summed E-state index contributed by atoms with van der Waals surface area (Å²) in [4.78, 5) is 25.0. The summed E-state index contributed by atoms with van der Waals surface area (Å²) >= 11 is 6.09. The molecule has 3 rings (SSSR count). The molecule has 0 unspecified atom stereocenters. The molecule has 1 N–H and O–H groups in total. The van der Waals surface area contributed by atoms with Crippen LogP contribution in [0.4, 0.5) is 0 Å². The number of ether oxygens (including phenoxy) is 1. The molecule has 0 radical (unpaired) electrons. The third kappa shape index (κ3) is 4.66. The quantitative estimate of drug-likeness (QED) is 0.622. The van der Waals surface area contributed by atoms with E-state index < -0.39 is 18.0 Å². The maximum Gasteiger partial charge on any atom is 0.342 e. The second-order valence-corrected chi connectivity index (χ2v) is 7.06. The largest absolute Gasteiger partial charge is 0.449 e. The molecule has 1 atom stereocenters. The summed E-state index contributed by atoms with van der Waals surface area (Å²) in [5.74, 6) is -0.980. The van der Waals surface area contributed by atoms with Gasteiger partial charge in [0.1, 0.15) is 5.56 Å². The van der Waals surface area contributed by atoms with Crippen LogP contribution in [0.5, 0.6) is 0 Å². The fraction of sp³-hybridized carbons (Fsp3) is 0.227. The number of benzene rings is 2. The second-order valence-electron chi connectivity index (χ2n) is 6.65. The van der Waals surface area contributed by atoms with Crippen molar-refractivity contribution in [3.05, 3.63) is 82.1 Å². The number of nitrogens with zero attached hydrogens (tertiary/aromatic N) is 2. The van der Waals surface area contributed by atoms with Crippen molar-refractivity contribution in [2.45, 2.75) is 33.4 Å². The van der Waals surface area contributed by atoms with E-state index in [0.717, 1.165) is 11.3 Å². The molecule has 1 aromatic heterocycles. The summed E-state index contributed by atoms with van der Waals surface area (Å²) in [6.07, 6.45) is -0.955. The Hall–Kier alpha value is -3.12. The molecule has 0 aliphatic rings. The van der Waals surface area contributed by atoms with E-state index in [1.165, 1.54) is 6.92 Å². The van der Waals surface area contributed by atoms with Crippen molar-refractivity contribution in [3.8, 4) is 5.69 Å². The van der Waals surface area contributed by atoms with Crippen molar-refractivity contribution in [3.63, 3.8) is 0 Å². The number of aromatic nitrogens is 2. The van der Waals surface area contributed by atoms with Crippen LogP contribution >= 0.6 is 11.6 Å². The van der Waals surface area contributed by atoms with Gasteiger partial charge in [-0.05, 0) is 44.5 Å². The van der Waals surface area contributed by atoms with Gasteiger partial charge >= 0.3 is 5.97 Å². The zero-order valence-corrected chi connectivity index (χ0v) is 17.2. The van der Waals surface area contributed by atoms with E-state index in [1.54, 1.807) is 24.6 Å². The summed E-state index contributed by atoms with van der Waals surface area (Å²) in [5.41, 5.74) is 3.19. The van der Waals surface area contributed by atoms with Crippen molar-refractivity contribution in [2.75, 3.05) is 0 Å². The van der Waals surface area contributed by atoms with E-state index in [0.29, 0.717) is 22.0 Å². The number of nitrogens with one attached hydrogen (secondary N) is 1. The van der Waals surface area contributed by atoms with Crippen molar-refractivity contribution in [1.82, 2.24) is 15.1 Å². The van der Waals surface area contributed by atoms with Crippen molar-refractivity contribution >= 4 is 23.5 Å². The predicted molar refractivity (Wildman–Crippen MR) is 111 cm³/mol. The van der Waals surface area contributed by atoms with E-state index in [1.807, 2.05) is 48.5 Å². The highest BCUT2D eigenvalue weighted by atomic mass is 35.5. The van der Waals surface area contributed by atoms with Gasteiger partial charge in [-0.15, -0.1) is 0 Å². The average Bonchev–Trinajstić information content (AvgIpc) is 3.01. The summed E-state index contributed by atoms with van der Waals surface area (Å²) in [6.45, 7) is 5.33.